The third kappa shape index (κ3) is 4.78. The Bertz CT molecular complexity index is 871. The van der Waals surface area contributed by atoms with Crippen LogP contribution in [0.4, 0.5) is 17.3 Å². The summed E-state index contributed by atoms with van der Waals surface area (Å²) >= 11 is 0. The number of nitrogens with zero attached hydrogens (tertiary/aromatic N) is 2. The number of rotatable bonds is 9. The maximum atomic E-state index is 11.7. The summed E-state index contributed by atoms with van der Waals surface area (Å²) in [6.45, 7) is 3.69. The van der Waals surface area contributed by atoms with E-state index in [9.17, 15) is 9.59 Å². The molecule has 6 N–H and O–H groups in total. The fourth-order valence-corrected chi connectivity index (χ4v) is 2.50. The highest BCUT2D eigenvalue weighted by atomic mass is 16.5. The van der Waals surface area contributed by atoms with E-state index in [0.717, 1.165) is 0 Å². The summed E-state index contributed by atoms with van der Waals surface area (Å²) in [7, 11) is 3.04. The van der Waals surface area contributed by atoms with Gasteiger partial charge in [-0.2, -0.15) is 0 Å². The number of benzene rings is 1. The fourth-order valence-electron chi connectivity index (χ4n) is 2.50. The molecule has 0 saturated carbocycles. The van der Waals surface area contributed by atoms with Crippen molar-refractivity contribution in [3.63, 3.8) is 0 Å². The summed E-state index contributed by atoms with van der Waals surface area (Å²) in [5.74, 6) is 0.0805. The van der Waals surface area contributed by atoms with E-state index in [2.05, 4.69) is 20.6 Å². The molecule has 0 unspecified atom stereocenters. The first-order valence-electron chi connectivity index (χ1n) is 8.48. The van der Waals surface area contributed by atoms with Crippen LogP contribution >= 0.6 is 0 Å². The summed E-state index contributed by atoms with van der Waals surface area (Å²) in [6.07, 6.45) is 1.32. The van der Waals surface area contributed by atoms with Crippen LogP contribution in [0.25, 0.3) is 0 Å². The van der Waals surface area contributed by atoms with Gasteiger partial charge in [0.25, 0.3) is 5.91 Å². The number of carbonyl (C=O) groups is 2. The van der Waals surface area contributed by atoms with Crippen LogP contribution in [0.3, 0.4) is 0 Å². The minimum Gasteiger partial charge on any atom is -0.493 e. The first kappa shape index (κ1) is 20.7. The molecule has 0 aliphatic heterocycles. The number of amides is 2. The van der Waals surface area contributed by atoms with Crippen LogP contribution in [0.2, 0.25) is 0 Å². The minimum absolute atomic E-state index is 0.0551. The number of nitrogens with two attached hydrogens (primary N) is 2. The topological polar surface area (TPSA) is 154 Å². The fraction of sp³-hybridized carbons (Fsp3) is 0.333. The zero-order chi connectivity index (χ0) is 20.8. The van der Waals surface area contributed by atoms with Crippen LogP contribution in [0, 0.1) is 5.92 Å². The molecule has 150 valence electrons. The van der Waals surface area contributed by atoms with E-state index in [1.54, 1.807) is 18.2 Å². The standard InChI is InChI=1S/C18H24N6O4/c1-9(2)14(16(19)25)23-13-8-21-15(17(20)26)18(24-13)22-10-5-6-11(27-3)12(7-10)28-4/h5-9,14H,1-4H3,(H2,19,25)(H2,20,26)(H2,22,23,24)/t14-/m1/s1. The number of primary amides is 2. The second-order valence-corrected chi connectivity index (χ2v) is 6.28. The average molecular weight is 388 g/mol. The van der Waals surface area contributed by atoms with Crippen LogP contribution < -0.4 is 31.6 Å². The summed E-state index contributed by atoms with van der Waals surface area (Å²) in [5, 5.41) is 5.91. The van der Waals surface area contributed by atoms with Crippen LogP contribution in [0.15, 0.2) is 24.4 Å². The third-order valence-electron chi connectivity index (χ3n) is 3.93. The Labute approximate surface area is 162 Å². The van der Waals surface area contributed by atoms with Gasteiger partial charge in [-0.3, -0.25) is 9.59 Å². The van der Waals surface area contributed by atoms with Gasteiger partial charge in [-0.15, -0.1) is 0 Å². The molecule has 1 aromatic carbocycles. The quantitative estimate of drug-likeness (QED) is 0.500. The van der Waals surface area contributed by atoms with Crippen molar-refractivity contribution in [2.75, 3.05) is 24.9 Å². The molecule has 0 saturated heterocycles. The molecule has 0 spiro atoms. The molecule has 1 atom stereocenters. The van der Waals surface area contributed by atoms with Crippen LogP contribution in [-0.4, -0.2) is 42.0 Å². The minimum atomic E-state index is -0.752. The Kier molecular flexibility index (Phi) is 6.59. The molecule has 10 heteroatoms. The molecule has 0 aliphatic carbocycles. The monoisotopic (exact) mass is 388 g/mol. The normalized spacial score (nSPS) is 11.6. The van der Waals surface area contributed by atoms with Crippen LogP contribution in [0.1, 0.15) is 24.3 Å². The summed E-state index contributed by atoms with van der Waals surface area (Å²) < 4.78 is 10.5. The number of carbonyl (C=O) groups excluding carboxylic acids is 2. The van der Waals surface area contributed by atoms with E-state index in [1.807, 2.05) is 13.8 Å². The molecule has 0 aliphatic rings. The van der Waals surface area contributed by atoms with E-state index >= 15 is 0 Å². The number of methoxy groups -OCH3 is 2. The van der Waals surface area contributed by atoms with Gasteiger partial charge in [0, 0.05) is 11.8 Å². The Morgan fingerprint density at radius 3 is 2.32 bits per heavy atom. The van der Waals surface area contributed by atoms with Crippen molar-refractivity contribution in [3.05, 3.63) is 30.1 Å². The van der Waals surface area contributed by atoms with E-state index < -0.39 is 17.9 Å². The maximum absolute atomic E-state index is 11.7. The van der Waals surface area contributed by atoms with Gasteiger partial charge in [0.2, 0.25) is 5.91 Å². The van der Waals surface area contributed by atoms with Gasteiger partial charge in [-0.1, -0.05) is 13.8 Å². The molecular weight excluding hydrogens is 364 g/mol. The molecule has 28 heavy (non-hydrogen) atoms. The van der Waals surface area contributed by atoms with Crippen LogP contribution in [-0.2, 0) is 4.79 Å². The lowest BCUT2D eigenvalue weighted by molar-refractivity contribution is -0.119. The van der Waals surface area contributed by atoms with E-state index in [4.69, 9.17) is 20.9 Å². The predicted molar refractivity (Wildman–Crippen MR) is 105 cm³/mol. The lowest BCUT2D eigenvalue weighted by atomic mass is 10.0. The molecule has 0 radical (unpaired) electrons. The van der Waals surface area contributed by atoms with E-state index in [0.29, 0.717) is 17.2 Å². The van der Waals surface area contributed by atoms with Gasteiger partial charge in [0.15, 0.2) is 23.0 Å². The maximum Gasteiger partial charge on any atom is 0.271 e. The lowest BCUT2D eigenvalue weighted by Crippen LogP contribution is -2.39. The first-order chi connectivity index (χ1) is 13.3. The Morgan fingerprint density at radius 1 is 1.11 bits per heavy atom. The number of hydrogen-bond acceptors (Lipinski definition) is 8. The van der Waals surface area contributed by atoms with Gasteiger partial charge < -0.3 is 31.6 Å². The second kappa shape index (κ2) is 8.89. The molecule has 0 fully saturated rings. The Balaban J connectivity index is 2.39. The molecular formula is C18H24N6O4. The summed E-state index contributed by atoms with van der Waals surface area (Å²) in [5.41, 5.74) is 11.3. The average Bonchev–Trinajstić information content (AvgIpc) is 2.65. The largest absolute Gasteiger partial charge is 0.493 e. The van der Waals surface area contributed by atoms with Gasteiger partial charge in [0.05, 0.1) is 20.4 Å². The summed E-state index contributed by atoms with van der Waals surface area (Å²) in [4.78, 5) is 31.7. The predicted octanol–water partition coefficient (Wildman–Crippen LogP) is 1.26. The van der Waals surface area contributed by atoms with Gasteiger partial charge >= 0.3 is 0 Å². The second-order valence-electron chi connectivity index (χ2n) is 6.28. The first-order valence-corrected chi connectivity index (χ1v) is 8.48. The van der Waals surface area contributed by atoms with Crippen molar-refractivity contribution in [3.8, 4) is 11.5 Å². The highest BCUT2D eigenvalue weighted by Gasteiger charge is 2.21. The highest BCUT2D eigenvalue weighted by Crippen LogP contribution is 2.31. The zero-order valence-electron chi connectivity index (χ0n) is 16.1. The van der Waals surface area contributed by atoms with Gasteiger partial charge in [-0.25, -0.2) is 9.97 Å². The Hall–Kier alpha value is -3.56. The summed E-state index contributed by atoms with van der Waals surface area (Å²) in [6, 6.07) is 4.44. The van der Waals surface area contributed by atoms with Gasteiger partial charge in [0.1, 0.15) is 11.9 Å². The van der Waals surface area contributed by atoms with Crippen LogP contribution in [0.5, 0.6) is 11.5 Å². The van der Waals surface area contributed by atoms with Crippen molar-refractivity contribution in [2.24, 2.45) is 17.4 Å². The van der Waals surface area contributed by atoms with Crippen molar-refractivity contribution in [2.45, 2.75) is 19.9 Å². The zero-order valence-corrected chi connectivity index (χ0v) is 16.1. The molecule has 1 aromatic heterocycles. The molecule has 2 aromatic rings. The molecule has 2 rings (SSSR count). The van der Waals surface area contributed by atoms with E-state index in [-0.39, 0.29) is 23.2 Å². The molecule has 2 amide bonds. The van der Waals surface area contributed by atoms with Crippen molar-refractivity contribution < 1.29 is 19.1 Å². The molecule has 10 nitrogen and oxygen atoms in total. The number of anilines is 3. The molecule has 1 heterocycles. The highest BCUT2D eigenvalue weighted by molar-refractivity contribution is 5.96. The van der Waals surface area contributed by atoms with E-state index in [1.165, 1.54) is 20.4 Å². The number of nitrogens with one attached hydrogen (secondary N) is 2. The van der Waals surface area contributed by atoms with Gasteiger partial charge in [-0.05, 0) is 18.1 Å². The Morgan fingerprint density at radius 2 is 1.79 bits per heavy atom. The lowest BCUT2D eigenvalue weighted by Gasteiger charge is -2.20. The number of ether oxygens (including phenoxy) is 2. The number of aromatic nitrogens is 2. The number of hydrogen-bond donors (Lipinski definition) is 4. The third-order valence-corrected chi connectivity index (χ3v) is 3.93. The van der Waals surface area contributed by atoms with Crippen molar-refractivity contribution >= 4 is 29.1 Å². The van der Waals surface area contributed by atoms with Crippen molar-refractivity contribution in [1.29, 1.82) is 0 Å². The SMILES string of the molecule is COc1ccc(Nc2nc(N[C@@H](C(N)=O)C(C)C)cnc2C(N)=O)cc1OC. The van der Waals surface area contributed by atoms with Crippen molar-refractivity contribution in [1.82, 2.24) is 9.97 Å². The molecule has 0 bridgehead atoms. The smallest absolute Gasteiger partial charge is 0.271 e.